The van der Waals surface area contributed by atoms with E-state index < -0.39 is 0 Å². The van der Waals surface area contributed by atoms with Gasteiger partial charge in [0.2, 0.25) is 0 Å². The first kappa shape index (κ1) is 7.67. The van der Waals surface area contributed by atoms with Crippen molar-refractivity contribution in [3.05, 3.63) is 30.0 Å². The fourth-order valence-corrected chi connectivity index (χ4v) is 1.11. The van der Waals surface area contributed by atoms with Gasteiger partial charge in [-0.3, -0.25) is 4.79 Å². The number of aromatic nitrogens is 2. The quantitative estimate of drug-likeness (QED) is 0.692. The summed E-state index contributed by atoms with van der Waals surface area (Å²) in [7, 11) is 0. The third-order valence-corrected chi connectivity index (χ3v) is 1.74. The van der Waals surface area contributed by atoms with Crippen molar-refractivity contribution in [2.24, 2.45) is 0 Å². The first-order valence-corrected chi connectivity index (χ1v) is 3.65. The molecule has 0 unspecified atom stereocenters. The van der Waals surface area contributed by atoms with Gasteiger partial charge in [-0.1, -0.05) is 12.1 Å². The number of fused-ring (bicyclic) bond motifs is 1. The highest BCUT2D eigenvalue weighted by atomic mass is 16.3. The van der Waals surface area contributed by atoms with Crippen LogP contribution >= 0.6 is 0 Å². The first-order valence-electron chi connectivity index (χ1n) is 3.65. The van der Waals surface area contributed by atoms with Gasteiger partial charge in [-0.25, -0.2) is 0 Å². The lowest BCUT2D eigenvalue weighted by molar-refractivity contribution is 0.473. The number of carbonyl (C=O) groups excluding carboxylic acids is 1. The van der Waals surface area contributed by atoms with Crippen LogP contribution in [0.25, 0.3) is 10.9 Å². The van der Waals surface area contributed by atoms with E-state index in [1.165, 1.54) is 6.29 Å². The van der Waals surface area contributed by atoms with E-state index >= 15 is 0 Å². The van der Waals surface area contributed by atoms with Gasteiger partial charge in [0.15, 0.2) is 11.4 Å². The summed E-state index contributed by atoms with van der Waals surface area (Å²) in [5, 5.41) is 17.2. The molecule has 2 aromatic rings. The zero-order chi connectivity index (χ0) is 9.26. The molecule has 1 aromatic carbocycles. The monoisotopic (exact) mass is 173 g/mol. The summed E-state index contributed by atoms with van der Waals surface area (Å²) in [6, 6.07) is 6.90. The van der Waals surface area contributed by atoms with Gasteiger partial charge >= 0.3 is 0 Å². The third kappa shape index (κ3) is 1.12. The second-order valence-corrected chi connectivity index (χ2v) is 2.52. The standard InChI is InChI=1S/C9H5N2O2/c12-5-8-9(13)6-3-1-2-4-7(6)10-11-8/h1-4H,(H,10,13). The highest BCUT2D eigenvalue weighted by Gasteiger charge is 2.07. The van der Waals surface area contributed by atoms with Gasteiger partial charge in [0, 0.05) is 5.39 Å². The van der Waals surface area contributed by atoms with Gasteiger partial charge in [-0.2, -0.15) is 0 Å². The van der Waals surface area contributed by atoms with E-state index in [1.54, 1.807) is 24.3 Å². The number of rotatable bonds is 1. The van der Waals surface area contributed by atoms with Gasteiger partial charge in [0.05, 0.1) is 5.52 Å². The minimum Gasteiger partial charge on any atom is -0.505 e. The summed E-state index contributed by atoms with van der Waals surface area (Å²) in [5.74, 6) is -0.166. The van der Waals surface area contributed by atoms with E-state index in [2.05, 4.69) is 10.2 Å². The SMILES string of the molecule is O=[C]c1nnc2ccccc2c1O. The summed E-state index contributed by atoms with van der Waals surface area (Å²) < 4.78 is 0. The van der Waals surface area contributed by atoms with Crippen LogP contribution in [0.3, 0.4) is 0 Å². The van der Waals surface area contributed by atoms with Gasteiger partial charge < -0.3 is 5.11 Å². The summed E-state index contributed by atoms with van der Waals surface area (Å²) in [6.07, 6.45) is 1.51. The van der Waals surface area contributed by atoms with Crippen molar-refractivity contribution in [1.82, 2.24) is 10.2 Å². The molecule has 1 aromatic heterocycles. The molecule has 4 heteroatoms. The molecule has 13 heavy (non-hydrogen) atoms. The molecule has 2 rings (SSSR count). The summed E-state index contributed by atoms with van der Waals surface area (Å²) in [4.78, 5) is 10.3. The highest BCUT2D eigenvalue weighted by molar-refractivity contribution is 5.91. The second-order valence-electron chi connectivity index (χ2n) is 2.52. The molecule has 1 heterocycles. The van der Waals surface area contributed by atoms with Gasteiger partial charge in [-0.15, -0.1) is 10.2 Å². The maximum Gasteiger partial charge on any atom is 0.259 e. The zero-order valence-electron chi connectivity index (χ0n) is 6.56. The van der Waals surface area contributed by atoms with Crippen LogP contribution in [0, 0.1) is 0 Å². The van der Waals surface area contributed by atoms with Gasteiger partial charge in [-0.05, 0) is 12.1 Å². The average Bonchev–Trinajstić information content (AvgIpc) is 2.19. The molecule has 0 aliphatic heterocycles. The van der Waals surface area contributed by atoms with Crippen LogP contribution in [-0.4, -0.2) is 21.6 Å². The maximum atomic E-state index is 10.3. The molecule has 0 spiro atoms. The summed E-state index contributed by atoms with van der Waals surface area (Å²) in [6.45, 7) is 0. The summed E-state index contributed by atoms with van der Waals surface area (Å²) >= 11 is 0. The number of benzene rings is 1. The Morgan fingerprint density at radius 1 is 1.23 bits per heavy atom. The Labute approximate surface area is 73.8 Å². The van der Waals surface area contributed by atoms with Gasteiger partial charge in [0.1, 0.15) is 0 Å². The predicted octanol–water partition coefficient (Wildman–Crippen LogP) is 0.793. The lowest BCUT2D eigenvalue weighted by Gasteiger charge is -1.99. The van der Waals surface area contributed by atoms with Crippen LogP contribution in [0.4, 0.5) is 0 Å². The van der Waals surface area contributed by atoms with Gasteiger partial charge in [0.25, 0.3) is 6.29 Å². The molecule has 0 aliphatic carbocycles. The summed E-state index contributed by atoms with van der Waals surface area (Å²) in [5.41, 5.74) is 0.401. The largest absolute Gasteiger partial charge is 0.505 e. The number of aromatic hydroxyl groups is 1. The molecule has 0 aliphatic rings. The molecule has 63 valence electrons. The lowest BCUT2D eigenvalue weighted by atomic mass is 10.2. The highest BCUT2D eigenvalue weighted by Crippen LogP contribution is 2.23. The number of hydrogen-bond acceptors (Lipinski definition) is 4. The first-order chi connectivity index (χ1) is 6.33. The average molecular weight is 173 g/mol. The zero-order valence-corrected chi connectivity index (χ0v) is 6.56. The van der Waals surface area contributed by atoms with E-state index in [0.29, 0.717) is 10.9 Å². The molecule has 1 N–H and O–H groups in total. The number of hydrogen-bond donors (Lipinski definition) is 1. The fourth-order valence-electron chi connectivity index (χ4n) is 1.11. The molecule has 0 amide bonds. The molecule has 0 saturated heterocycles. The van der Waals surface area contributed by atoms with E-state index in [1.807, 2.05) is 0 Å². The van der Waals surface area contributed by atoms with Crippen molar-refractivity contribution >= 4 is 17.2 Å². The van der Waals surface area contributed by atoms with E-state index in [0.717, 1.165) is 0 Å². The molecule has 0 bridgehead atoms. The minimum absolute atomic E-state index is 0.154. The van der Waals surface area contributed by atoms with E-state index in [9.17, 15) is 9.90 Å². The predicted molar refractivity (Wildman–Crippen MR) is 46.0 cm³/mol. The van der Waals surface area contributed by atoms with Crippen molar-refractivity contribution in [3.8, 4) is 5.75 Å². The van der Waals surface area contributed by atoms with Crippen LogP contribution in [0.2, 0.25) is 0 Å². The molecule has 1 radical (unpaired) electrons. The van der Waals surface area contributed by atoms with Crippen LogP contribution in [0.15, 0.2) is 24.3 Å². The number of nitrogens with zero attached hydrogens (tertiary/aromatic N) is 2. The van der Waals surface area contributed by atoms with E-state index in [4.69, 9.17) is 0 Å². The Balaban J connectivity index is 2.86. The Hall–Kier alpha value is -1.97. The molecular formula is C9H5N2O2. The van der Waals surface area contributed by atoms with Crippen molar-refractivity contribution in [2.45, 2.75) is 0 Å². The lowest BCUT2D eigenvalue weighted by Crippen LogP contribution is -1.92. The fraction of sp³-hybridized carbons (Fsp3) is 0. The van der Waals surface area contributed by atoms with Crippen molar-refractivity contribution in [3.63, 3.8) is 0 Å². The van der Waals surface area contributed by atoms with Crippen molar-refractivity contribution in [2.75, 3.05) is 0 Å². The molecular weight excluding hydrogens is 168 g/mol. The van der Waals surface area contributed by atoms with Crippen molar-refractivity contribution < 1.29 is 9.90 Å². The molecule has 0 fully saturated rings. The molecule has 0 saturated carbocycles. The van der Waals surface area contributed by atoms with Crippen LogP contribution in [0.5, 0.6) is 5.75 Å². The maximum absolute atomic E-state index is 10.3. The van der Waals surface area contributed by atoms with Crippen molar-refractivity contribution in [1.29, 1.82) is 0 Å². The molecule has 0 atom stereocenters. The van der Waals surface area contributed by atoms with Crippen LogP contribution in [-0.2, 0) is 4.79 Å². The minimum atomic E-state index is -0.166. The Morgan fingerprint density at radius 2 is 2.00 bits per heavy atom. The molecule has 4 nitrogen and oxygen atoms in total. The van der Waals surface area contributed by atoms with Crippen LogP contribution in [0.1, 0.15) is 5.69 Å². The van der Waals surface area contributed by atoms with E-state index in [-0.39, 0.29) is 11.4 Å². The second kappa shape index (κ2) is 2.82. The Bertz CT molecular complexity index is 468. The topological polar surface area (TPSA) is 63.1 Å². The smallest absolute Gasteiger partial charge is 0.259 e. The normalized spacial score (nSPS) is 10.2. The van der Waals surface area contributed by atoms with Crippen LogP contribution < -0.4 is 0 Å². The Kier molecular flexibility index (Phi) is 1.66. The Morgan fingerprint density at radius 3 is 2.77 bits per heavy atom. The third-order valence-electron chi connectivity index (χ3n) is 1.74.